The Morgan fingerprint density at radius 1 is 1.25 bits per heavy atom. The lowest BCUT2D eigenvalue weighted by molar-refractivity contribution is 0.398. The van der Waals surface area contributed by atoms with Crippen LogP contribution in [0.4, 0.5) is 0 Å². The third kappa shape index (κ3) is 3.23. The van der Waals surface area contributed by atoms with Crippen molar-refractivity contribution < 1.29 is 4.74 Å². The number of imidazole rings is 1. The number of nitrogens with zero attached hydrogens (tertiary/aromatic N) is 3. The summed E-state index contributed by atoms with van der Waals surface area (Å²) in [6.45, 7) is 5.07. The number of unbranched alkanes of at least 4 members (excludes halogenated alkanes) is 3. The minimum absolute atomic E-state index is 0.124. The van der Waals surface area contributed by atoms with E-state index < -0.39 is 0 Å². The van der Waals surface area contributed by atoms with Crippen LogP contribution in [0.25, 0.3) is 11.2 Å². The summed E-state index contributed by atoms with van der Waals surface area (Å²) in [5.41, 5.74) is 1.74. The minimum atomic E-state index is -0.124. The van der Waals surface area contributed by atoms with Crippen LogP contribution in [-0.4, -0.2) is 21.6 Å². The van der Waals surface area contributed by atoms with Gasteiger partial charge in [-0.15, -0.1) is 11.6 Å². The molecule has 0 aliphatic rings. The average molecular weight is 296 g/mol. The van der Waals surface area contributed by atoms with Crippen LogP contribution in [0.2, 0.25) is 0 Å². The molecule has 0 radical (unpaired) electrons. The van der Waals surface area contributed by atoms with Crippen molar-refractivity contribution in [2.75, 3.05) is 7.11 Å². The highest BCUT2D eigenvalue weighted by molar-refractivity contribution is 6.20. The number of aryl methyl sites for hydroxylation is 1. The van der Waals surface area contributed by atoms with Crippen molar-refractivity contribution in [3.8, 4) is 5.88 Å². The molecule has 110 valence electrons. The number of aromatic nitrogens is 3. The lowest BCUT2D eigenvalue weighted by atomic mass is 10.2. The summed E-state index contributed by atoms with van der Waals surface area (Å²) in [6.07, 6.45) is 4.83. The SMILES string of the molecule is CCCCCCn1c(C(C)Cl)nc2ccc(OC)nc21. The lowest BCUT2D eigenvalue weighted by Crippen LogP contribution is -2.05. The highest BCUT2D eigenvalue weighted by atomic mass is 35.5. The fraction of sp³-hybridized carbons (Fsp3) is 0.600. The van der Waals surface area contributed by atoms with Gasteiger partial charge in [0.25, 0.3) is 0 Å². The Morgan fingerprint density at radius 2 is 2.05 bits per heavy atom. The van der Waals surface area contributed by atoms with Crippen LogP contribution >= 0.6 is 11.6 Å². The van der Waals surface area contributed by atoms with E-state index in [2.05, 4.69) is 21.5 Å². The normalized spacial score (nSPS) is 12.8. The maximum Gasteiger partial charge on any atom is 0.215 e. The molecule has 2 rings (SSSR count). The lowest BCUT2D eigenvalue weighted by Gasteiger charge is -2.10. The second kappa shape index (κ2) is 6.93. The van der Waals surface area contributed by atoms with Gasteiger partial charge < -0.3 is 9.30 Å². The highest BCUT2D eigenvalue weighted by Gasteiger charge is 2.16. The van der Waals surface area contributed by atoms with E-state index in [9.17, 15) is 0 Å². The van der Waals surface area contributed by atoms with Crippen LogP contribution in [0.5, 0.6) is 5.88 Å². The Balaban J connectivity index is 2.33. The van der Waals surface area contributed by atoms with Crippen molar-refractivity contribution in [1.82, 2.24) is 14.5 Å². The second-order valence-electron chi connectivity index (χ2n) is 4.99. The highest BCUT2D eigenvalue weighted by Crippen LogP contribution is 2.25. The van der Waals surface area contributed by atoms with Crippen LogP contribution in [-0.2, 0) is 6.54 Å². The fourth-order valence-electron chi connectivity index (χ4n) is 2.34. The molecule has 1 atom stereocenters. The summed E-state index contributed by atoms with van der Waals surface area (Å²) < 4.78 is 7.33. The fourth-order valence-corrected chi connectivity index (χ4v) is 2.50. The zero-order valence-electron chi connectivity index (χ0n) is 12.4. The summed E-state index contributed by atoms with van der Waals surface area (Å²) in [5.74, 6) is 1.50. The molecule has 2 heterocycles. The van der Waals surface area contributed by atoms with E-state index in [0.29, 0.717) is 5.88 Å². The molecule has 2 aromatic heterocycles. The largest absolute Gasteiger partial charge is 0.481 e. The number of hydrogen-bond acceptors (Lipinski definition) is 3. The first kappa shape index (κ1) is 15.1. The minimum Gasteiger partial charge on any atom is -0.481 e. The Bertz CT molecular complexity index is 565. The van der Waals surface area contributed by atoms with E-state index in [0.717, 1.165) is 30.0 Å². The van der Waals surface area contributed by atoms with Gasteiger partial charge in [0.15, 0.2) is 5.65 Å². The van der Waals surface area contributed by atoms with Crippen molar-refractivity contribution in [1.29, 1.82) is 0 Å². The number of ether oxygens (including phenoxy) is 1. The van der Waals surface area contributed by atoms with Crippen LogP contribution in [0.3, 0.4) is 0 Å². The predicted molar refractivity (Wildman–Crippen MR) is 82.5 cm³/mol. The van der Waals surface area contributed by atoms with E-state index in [1.807, 2.05) is 19.1 Å². The van der Waals surface area contributed by atoms with E-state index in [1.54, 1.807) is 7.11 Å². The molecule has 0 saturated carbocycles. The molecular formula is C15H22ClN3O. The smallest absolute Gasteiger partial charge is 0.215 e. The molecule has 0 aliphatic carbocycles. The van der Waals surface area contributed by atoms with Crippen LogP contribution < -0.4 is 4.74 Å². The first-order valence-corrected chi connectivity index (χ1v) is 7.66. The molecule has 0 amide bonds. The molecule has 0 aliphatic heterocycles. The molecule has 0 N–H and O–H groups in total. The van der Waals surface area contributed by atoms with Gasteiger partial charge in [-0.1, -0.05) is 26.2 Å². The van der Waals surface area contributed by atoms with Gasteiger partial charge in [-0.3, -0.25) is 0 Å². The number of hydrogen-bond donors (Lipinski definition) is 0. The summed E-state index contributed by atoms with van der Waals surface area (Å²) in [4.78, 5) is 9.11. The molecule has 0 spiro atoms. The van der Waals surface area contributed by atoms with Gasteiger partial charge in [-0.25, -0.2) is 4.98 Å². The average Bonchev–Trinajstić information content (AvgIpc) is 2.81. The molecule has 1 unspecified atom stereocenters. The van der Waals surface area contributed by atoms with Crippen LogP contribution in [0.1, 0.15) is 50.7 Å². The maximum atomic E-state index is 6.25. The zero-order chi connectivity index (χ0) is 14.5. The first-order valence-electron chi connectivity index (χ1n) is 7.22. The second-order valence-corrected chi connectivity index (χ2v) is 5.65. The maximum absolute atomic E-state index is 6.25. The molecule has 4 nitrogen and oxygen atoms in total. The molecule has 0 aromatic carbocycles. The van der Waals surface area contributed by atoms with E-state index in [-0.39, 0.29) is 5.38 Å². The van der Waals surface area contributed by atoms with Gasteiger partial charge in [0.1, 0.15) is 11.3 Å². The number of fused-ring (bicyclic) bond motifs is 1. The number of halogens is 1. The van der Waals surface area contributed by atoms with Gasteiger partial charge in [0.05, 0.1) is 12.5 Å². The predicted octanol–water partition coefficient (Wildman–Crippen LogP) is 4.32. The Hall–Kier alpha value is -1.29. The summed E-state index contributed by atoms with van der Waals surface area (Å²) in [7, 11) is 1.63. The number of rotatable bonds is 7. The standard InChI is InChI=1S/C15H22ClN3O/c1-4-5-6-7-10-19-14(11(2)16)17-12-8-9-13(20-3)18-15(12)19/h8-9,11H,4-7,10H2,1-3H3. The zero-order valence-corrected chi connectivity index (χ0v) is 13.2. The van der Waals surface area contributed by atoms with Crippen molar-refractivity contribution in [3.63, 3.8) is 0 Å². The first-order chi connectivity index (χ1) is 9.67. The van der Waals surface area contributed by atoms with Gasteiger partial charge in [0, 0.05) is 12.6 Å². The summed E-state index contributed by atoms with van der Waals surface area (Å²) >= 11 is 6.25. The van der Waals surface area contributed by atoms with Crippen molar-refractivity contribution in [2.24, 2.45) is 0 Å². The molecular weight excluding hydrogens is 274 g/mol. The molecule has 5 heteroatoms. The molecule has 20 heavy (non-hydrogen) atoms. The van der Waals surface area contributed by atoms with Gasteiger partial charge in [-0.05, 0) is 19.4 Å². The van der Waals surface area contributed by atoms with E-state index in [4.69, 9.17) is 16.3 Å². The van der Waals surface area contributed by atoms with E-state index >= 15 is 0 Å². The van der Waals surface area contributed by atoms with Gasteiger partial charge in [0.2, 0.25) is 5.88 Å². The molecule has 2 aromatic rings. The van der Waals surface area contributed by atoms with Crippen molar-refractivity contribution in [2.45, 2.75) is 51.5 Å². The third-order valence-corrected chi connectivity index (χ3v) is 3.59. The van der Waals surface area contributed by atoms with Crippen LogP contribution in [0, 0.1) is 0 Å². The quantitative estimate of drug-likeness (QED) is 0.564. The summed E-state index contributed by atoms with van der Waals surface area (Å²) in [5, 5.41) is -0.124. The Kier molecular flexibility index (Phi) is 5.24. The number of alkyl halides is 1. The van der Waals surface area contributed by atoms with Crippen molar-refractivity contribution >= 4 is 22.8 Å². The third-order valence-electron chi connectivity index (χ3n) is 3.40. The van der Waals surface area contributed by atoms with Gasteiger partial charge in [-0.2, -0.15) is 4.98 Å². The van der Waals surface area contributed by atoms with E-state index in [1.165, 1.54) is 19.3 Å². The number of methoxy groups -OCH3 is 1. The molecule has 0 saturated heterocycles. The van der Waals surface area contributed by atoms with Crippen molar-refractivity contribution in [3.05, 3.63) is 18.0 Å². The topological polar surface area (TPSA) is 39.9 Å². The van der Waals surface area contributed by atoms with Gasteiger partial charge >= 0.3 is 0 Å². The molecule has 0 fully saturated rings. The monoisotopic (exact) mass is 295 g/mol. The van der Waals surface area contributed by atoms with Crippen LogP contribution in [0.15, 0.2) is 12.1 Å². The summed E-state index contributed by atoms with van der Waals surface area (Å²) in [6, 6.07) is 3.77. The Labute approximate surface area is 125 Å². The number of pyridine rings is 1. The molecule has 0 bridgehead atoms. The Morgan fingerprint density at radius 3 is 2.70 bits per heavy atom.